The molecule has 1 aliphatic heterocycles. The highest BCUT2D eigenvalue weighted by atomic mass is 19.1. The zero-order valence-corrected chi connectivity index (χ0v) is 13.6. The molecule has 1 aromatic carbocycles. The van der Waals surface area contributed by atoms with Crippen LogP contribution in [-0.2, 0) is 11.3 Å². The number of benzene rings is 1. The molecule has 1 aliphatic rings. The second kappa shape index (κ2) is 6.69. The topological polar surface area (TPSA) is 93.0 Å². The standard InChI is InChI=1S/C16H17FN6O2/c1-24-14-8-23(7-11(14)13-6-18-22-20-13)9-15-19-16(21-25-15)10-4-2-3-5-12(10)17/h2-6,11,14H,7-9H2,1H3,(H,18,20,22)/t11-,14+/m0/s1. The first kappa shape index (κ1) is 15.9. The number of H-pyrrole nitrogens is 1. The lowest BCUT2D eigenvalue weighted by Gasteiger charge is -2.13. The second-order valence-corrected chi connectivity index (χ2v) is 5.96. The van der Waals surface area contributed by atoms with Crippen LogP contribution in [0.15, 0.2) is 35.0 Å². The Kier molecular flexibility index (Phi) is 4.24. The summed E-state index contributed by atoms with van der Waals surface area (Å²) in [4.78, 5) is 6.45. The summed E-state index contributed by atoms with van der Waals surface area (Å²) in [6.07, 6.45) is 1.72. The van der Waals surface area contributed by atoms with Crippen molar-refractivity contribution in [1.29, 1.82) is 0 Å². The van der Waals surface area contributed by atoms with Crippen molar-refractivity contribution in [2.45, 2.75) is 18.6 Å². The summed E-state index contributed by atoms with van der Waals surface area (Å²) >= 11 is 0. The summed E-state index contributed by atoms with van der Waals surface area (Å²) in [6.45, 7) is 1.92. The van der Waals surface area contributed by atoms with Gasteiger partial charge in [-0.15, -0.1) is 0 Å². The van der Waals surface area contributed by atoms with E-state index in [2.05, 4.69) is 30.5 Å². The van der Waals surface area contributed by atoms with Gasteiger partial charge in [-0.3, -0.25) is 4.90 Å². The van der Waals surface area contributed by atoms with Gasteiger partial charge in [-0.2, -0.15) is 20.4 Å². The molecule has 130 valence electrons. The molecule has 2 atom stereocenters. The summed E-state index contributed by atoms with van der Waals surface area (Å²) in [5.41, 5.74) is 1.20. The van der Waals surface area contributed by atoms with Gasteiger partial charge in [0.15, 0.2) is 0 Å². The van der Waals surface area contributed by atoms with Crippen LogP contribution in [0.5, 0.6) is 0 Å². The minimum Gasteiger partial charge on any atom is -0.379 e. The van der Waals surface area contributed by atoms with E-state index in [1.54, 1.807) is 31.5 Å². The monoisotopic (exact) mass is 344 g/mol. The lowest BCUT2D eigenvalue weighted by molar-refractivity contribution is 0.0946. The molecule has 8 nitrogen and oxygen atoms in total. The highest BCUT2D eigenvalue weighted by Gasteiger charge is 2.36. The van der Waals surface area contributed by atoms with Crippen molar-refractivity contribution in [2.24, 2.45) is 0 Å². The molecule has 4 rings (SSSR count). The molecule has 0 spiro atoms. The maximum atomic E-state index is 13.8. The molecule has 0 aliphatic carbocycles. The first-order valence-electron chi connectivity index (χ1n) is 7.93. The van der Waals surface area contributed by atoms with Gasteiger partial charge >= 0.3 is 0 Å². The fourth-order valence-corrected chi connectivity index (χ4v) is 3.16. The number of ether oxygens (including phenoxy) is 1. The van der Waals surface area contributed by atoms with E-state index in [4.69, 9.17) is 9.26 Å². The highest BCUT2D eigenvalue weighted by molar-refractivity contribution is 5.54. The van der Waals surface area contributed by atoms with Gasteiger partial charge in [-0.25, -0.2) is 4.39 Å². The Morgan fingerprint density at radius 3 is 3.00 bits per heavy atom. The van der Waals surface area contributed by atoms with Crippen molar-refractivity contribution in [1.82, 2.24) is 30.5 Å². The number of likely N-dealkylation sites (tertiary alicyclic amines) is 1. The molecule has 0 amide bonds. The van der Waals surface area contributed by atoms with Crippen molar-refractivity contribution in [2.75, 3.05) is 20.2 Å². The number of hydrogen-bond donors (Lipinski definition) is 1. The lowest BCUT2D eigenvalue weighted by atomic mass is 10.0. The fraction of sp³-hybridized carbons (Fsp3) is 0.375. The Balaban J connectivity index is 1.47. The number of aromatic nitrogens is 5. The molecule has 2 aromatic heterocycles. The van der Waals surface area contributed by atoms with Crippen LogP contribution in [0.4, 0.5) is 4.39 Å². The molecule has 25 heavy (non-hydrogen) atoms. The molecule has 0 unspecified atom stereocenters. The molecule has 0 radical (unpaired) electrons. The maximum Gasteiger partial charge on any atom is 0.241 e. The molecule has 3 heterocycles. The number of methoxy groups -OCH3 is 1. The minimum absolute atomic E-state index is 0.0130. The number of nitrogens with zero attached hydrogens (tertiary/aromatic N) is 5. The van der Waals surface area contributed by atoms with Crippen LogP contribution >= 0.6 is 0 Å². The Hall–Kier alpha value is -2.65. The predicted octanol–water partition coefficient (Wildman–Crippen LogP) is 1.61. The van der Waals surface area contributed by atoms with E-state index >= 15 is 0 Å². The third kappa shape index (κ3) is 3.15. The summed E-state index contributed by atoms with van der Waals surface area (Å²) in [5, 5.41) is 14.5. The van der Waals surface area contributed by atoms with Crippen LogP contribution in [-0.4, -0.2) is 56.8 Å². The van der Waals surface area contributed by atoms with Gasteiger partial charge in [0.05, 0.1) is 30.1 Å². The van der Waals surface area contributed by atoms with E-state index < -0.39 is 0 Å². The molecular formula is C16H17FN6O2. The average Bonchev–Trinajstić information content (AvgIpc) is 3.36. The third-order valence-corrected chi connectivity index (χ3v) is 4.40. The zero-order chi connectivity index (χ0) is 17.2. The number of halogens is 1. The van der Waals surface area contributed by atoms with Gasteiger partial charge < -0.3 is 9.26 Å². The largest absolute Gasteiger partial charge is 0.379 e. The molecule has 9 heteroatoms. The van der Waals surface area contributed by atoms with Crippen LogP contribution in [0.3, 0.4) is 0 Å². The quantitative estimate of drug-likeness (QED) is 0.751. The normalized spacial score (nSPS) is 21.0. The van der Waals surface area contributed by atoms with Gasteiger partial charge in [0.2, 0.25) is 11.7 Å². The maximum absolute atomic E-state index is 13.8. The molecule has 1 saturated heterocycles. The summed E-state index contributed by atoms with van der Waals surface area (Å²) in [6, 6.07) is 6.36. The van der Waals surface area contributed by atoms with Gasteiger partial charge in [0.25, 0.3) is 0 Å². The second-order valence-electron chi connectivity index (χ2n) is 5.96. The third-order valence-electron chi connectivity index (χ3n) is 4.40. The summed E-state index contributed by atoms with van der Waals surface area (Å²) in [5.74, 6) is 0.442. The van der Waals surface area contributed by atoms with Gasteiger partial charge in [-0.05, 0) is 12.1 Å². The Bertz CT molecular complexity index is 837. The Morgan fingerprint density at radius 2 is 2.24 bits per heavy atom. The van der Waals surface area contributed by atoms with E-state index in [1.807, 2.05) is 0 Å². The van der Waals surface area contributed by atoms with Crippen LogP contribution < -0.4 is 0 Å². The lowest BCUT2D eigenvalue weighted by Crippen LogP contribution is -2.22. The Labute approximate surface area is 143 Å². The van der Waals surface area contributed by atoms with E-state index in [0.717, 1.165) is 12.2 Å². The molecular weight excluding hydrogens is 327 g/mol. The molecule has 1 fully saturated rings. The number of hydrogen-bond acceptors (Lipinski definition) is 7. The van der Waals surface area contributed by atoms with Gasteiger partial charge in [-0.1, -0.05) is 17.3 Å². The molecule has 3 aromatic rings. The highest BCUT2D eigenvalue weighted by Crippen LogP contribution is 2.29. The first-order chi connectivity index (χ1) is 12.2. The predicted molar refractivity (Wildman–Crippen MR) is 84.9 cm³/mol. The van der Waals surface area contributed by atoms with E-state index in [-0.39, 0.29) is 23.7 Å². The molecule has 1 N–H and O–H groups in total. The van der Waals surface area contributed by atoms with E-state index in [0.29, 0.717) is 24.5 Å². The number of rotatable bonds is 5. The van der Waals surface area contributed by atoms with Crippen molar-refractivity contribution >= 4 is 0 Å². The smallest absolute Gasteiger partial charge is 0.241 e. The van der Waals surface area contributed by atoms with Gasteiger partial charge in [0, 0.05) is 26.1 Å². The molecule has 0 bridgehead atoms. The van der Waals surface area contributed by atoms with Crippen LogP contribution in [0, 0.1) is 5.82 Å². The molecule has 0 saturated carbocycles. The van der Waals surface area contributed by atoms with E-state index in [9.17, 15) is 4.39 Å². The number of aromatic amines is 1. The van der Waals surface area contributed by atoms with Crippen molar-refractivity contribution in [3.8, 4) is 11.4 Å². The first-order valence-corrected chi connectivity index (χ1v) is 7.93. The van der Waals surface area contributed by atoms with Crippen LogP contribution in [0.1, 0.15) is 17.5 Å². The van der Waals surface area contributed by atoms with Gasteiger partial charge in [0.1, 0.15) is 5.82 Å². The van der Waals surface area contributed by atoms with Crippen molar-refractivity contribution < 1.29 is 13.7 Å². The van der Waals surface area contributed by atoms with E-state index in [1.165, 1.54) is 6.07 Å². The minimum atomic E-state index is -0.374. The zero-order valence-electron chi connectivity index (χ0n) is 13.6. The van der Waals surface area contributed by atoms with Crippen LogP contribution in [0.25, 0.3) is 11.4 Å². The SMILES string of the molecule is CO[C@@H]1CN(Cc2nc(-c3ccccc3F)no2)C[C@H]1c1cn[nH]n1. The van der Waals surface area contributed by atoms with Crippen LogP contribution in [0.2, 0.25) is 0 Å². The Morgan fingerprint density at radius 1 is 1.36 bits per heavy atom. The van der Waals surface area contributed by atoms with Crippen molar-refractivity contribution in [3.63, 3.8) is 0 Å². The number of nitrogens with one attached hydrogen (secondary N) is 1. The average molecular weight is 344 g/mol. The summed E-state index contributed by atoms with van der Waals surface area (Å²) < 4.78 is 24.7. The summed E-state index contributed by atoms with van der Waals surface area (Å²) in [7, 11) is 1.68. The van der Waals surface area contributed by atoms with Crippen molar-refractivity contribution in [3.05, 3.63) is 47.9 Å². The fourth-order valence-electron chi connectivity index (χ4n) is 3.16.